The lowest BCUT2D eigenvalue weighted by Gasteiger charge is -2.46. The molecule has 1 aromatic rings. The van der Waals surface area contributed by atoms with E-state index in [1.54, 1.807) is 10.9 Å². The molecule has 20 heavy (non-hydrogen) atoms. The van der Waals surface area contributed by atoms with Crippen LogP contribution in [0, 0.1) is 0 Å². The van der Waals surface area contributed by atoms with Gasteiger partial charge in [-0.2, -0.15) is 5.10 Å². The summed E-state index contributed by atoms with van der Waals surface area (Å²) in [6.45, 7) is 4.84. The van der Waals surface area contributed by atoms with Gasteiger partial charge in [-0.25, -0.2) is 0 Å². The summed E-state index contributed by atoms with van der Waals surface area (Å²) in [7, 11) is 1.87. The molecule has 0 radical (unpaired) electrons. The number of aryl methyl sites for hydroxylation is 1. The summed E-state index contributed by atoms with van der Waals surface area (Å²) in [4.78, 5) is 14.7. The average Bonchev–Trinajstić information content (AvgIpc) is 2.95. The first-order valence-corrected chi connectivity index (χ1v) is 7.39. The van der Waals surface area contributed by atoms with E-state index >= 15 is 0 Å². The molecule has 0 spiro atoms. The summed E-state index contributed by atoms with van der Waals surface area (Å²) in [6, 6.07) is 0.271. The highest BCUT2D eigenvalue weighted by atomic mass is 16.5. The maximum Gasteiger partial charge on any atom is 0.227 e. The molecule has 0 unspecified atom stereocenters. The number of ether oxygens (including phenoxy) is 1. The van der Waals surface area contributed by atoms with Crippen molar-refractivity contribution >= 4 is 5.91 Å². The first-order chi connectivity index (χ1) is 9.44. The molecule has 1 saturated carbocycles. The zero-order valence-corrected chi connectivity index (χ0v) is 12.5. The first-order valence-electron chi connectivity index (χ1n) is 7.39. The molecule has 2 aliphatic rings. The molecule has 1 aliphatic carbocycles. The van der Waals surface area contributed by atoms with E-state index in [-0.39, 0.29) is 23.7 Å². The Morgan fingerprint density at radius 2 is 2.30 bits per heavy atom. The van der Waals surface area contributed by atoms with E-state index in [1.807, 2.05) is 18.1 Å². The number of hydrogen-bond donors (Lipinski definition) is 0. The van der Waals surface area contributed by atoms with Gasteiger partial charge in [-0.1, -0.05) is 0 Å². The molecule has 2 atom stereocenters. The van der Waals surface area contributed by atoms with Crippen molar-refractivity contribution in [2.24, 2.45) is 7.05 Å². The van der Waals surface area contributed by atoms with Gasteiger partial charge < -0.3 is 9.64 Å². The Morgan fingerprint density at radius 1 is 1.50 bits per heavy atom. The number of nitrogens with zero attached hydrogens (tertiary/aromatic N) is 3. The quantitative estimate of drug-likeness (QED) is 0.823. The molecular formula is C15H23N3O2. The number of rotatable bonds is 2. The second kappa shape index (κ2) is 4.88. The lowest BCUT2D eigenvalue weighted by molar-refractivity contribution is -0.171. The highest BCUT2D eigenvalue weighted by molar-refractivity contribution is 5.79. The van der Waals surface area contributed by atoms with Crippen LogP contribution in [0.4, 0.5) is 0 Å². The van der Waals surface area contributed by atoms with Gasteiger partial charge in [0.25, 0.3) is 0 Å². The van der Waals surface area contributed by atoms with E-state index in [2.05, 4.69) is 18.9 Å². The van der Waals surface area contributed by atoms with Crippen molar-refractivity contribution < 1.29 is 9.53 Å². The number of fused-ring (bicyclic) bond motifs is 1. The van der Waals surface area contributed by atoms with E-state index in [0.717, 1.165) is 24.8 Å². The maximum absolute atomic E-state index is 12.6. The Balaban J connectivity index is 1.75. The van der Waals surface area contributed by atoms with Crippen LogP contribution in [-0.2, 0) is 23.0 Å². The topological polar surface area (TPSA) is 47.4 Å². The second-order valence-electron chi connectivity index (χ2n) is 6.63. The summed E-state index contributed by atoms with van der Waals surface area (Å²) in [5.41, 5.74) is 0.743. The van der Waals surface area contributed by atoms with Gasteiger partial charge in [-0.3, -0.25) is 9.48 Å². The fourth-order valence-corrected chi connectivity index (χ4v) is 3.49. The summed E-state index contributed by atoms with van der Waals surface area (Å²) in [5.74, 6) is 0.200. The minimum atomic E-state index is -0.240. The third-order valence-electron chi connectivity index (χ3n) is 4.27. The van der Waals surface area contributed by atoms with Crippen LogP contribution in [0.3, 0.4) is 0 Å². The fraction of sp³-hybridized carbons (Fsp3) is 0.733. The van der Waals surface area contributed by atoms with Crippen LogP contribution in [0.15, 0.2) is 12.4 Å². The molecule has 1 saturated heterocycles. The third-order valence-corrected chi connectivity index (χ3v) is 4.27. The molecule has 0 aromatic carbocycles. The molecule has 5 nitrogen and oxygen atoms in total. The van der Waals surface area contributed by atoms with E-state index in [9.17, 15) is 4.79 Å². The molecule has 1 aromatic heterocycles. The number of carbonyl (C=O) groups excluding carboxylic acids is 1. The Hall–Kier alpha value is -1.36. The van der Waals surface area contributed by atoms with E-state index in [0.29, 0.717) is 13.0 Å². The van der Waals surface area contributed by atoms with Gasteiger partial charge in [0.05, 0.1) is 30.4 Å². The van der Waals surface area contributed by atoms with Crippen LogP contribution in [-0.4, -0.2) is 44.9 Å². The SMILES string of the molecule is Cn1cc(CC(=O)N2CC(C)(C)O[C@@H]3CCC[C@H]32)cn1. The summed E-state index contributed by atoms with van der Waals surface area (Å²) < 4.78 is 7.86. The molecule has 2 fully saturated rings. The average molecular weight is 277 g/mol. The molecule has 5 heteroatoms. The molecule has 110 valence electrons. The highest BCUT2D eigenvalue weighted by Gasteiger charge is 2.44. The predicted octanol–water partition coefficient (Wildman–Crippen LogP) is 1.52. The van der Waals surface area contributed by atoms with Gasteiger partial charge >= 0.3 is 0 Å². The zero-order chi connectivity index (χ0) is 14.3. The summed E-state index contributed by atoms with van der Waals surface area (Å²) in [6.07, 6.45) is 7.64. The van der Waals surface area contributed by atoms with Gasteiger partial charge in [0.2, 0.25) is 5.91 Å². The lowest BCUT2D eigenvalue weighted by Crippen LogP contribution is -2.58. The van der Waals surface area contributed by atoms with Crippen LogP contribution in [0.5, 0.6) is 0 Å². The summed E-state index contributed by atoms with van der Waals surface area (Å²) in [5, 5.41) is 4.13. The molecule has 0 bridgehead atoms. The largest absolute Gasteiger partial charge is 0.368 e. The smallest absolute Gasteiger partial charge is 0.227 e. The number of carbonyl (C=O) groups is 1. The summed E-state index contributed by atoms with van der Waals surface area (Å²) >= 11 is 0. The number of aromatic nitrogens is 2. The number of morpholine rings is 1. The highest BCUT2D eigenvalue weighted by Crippen LogP contribution is 2.35. The standard InChI is InChI=1S/C15H23N3O2/c1-15(2)10-18(12-5-4-6-13(12)20-15)14(19)7-11-8-16-17(3)9-11/h8-9,12-13H,4-7,10H2,1-3H3/t12-,13-/m1/s1. The molecular weight excluding hydrogens is 254 g/mol. The van der Waals surface area contributed by atoms with Gasteiger partial charge in [0, 0.05) is 19.8 Å². The molecule has 1 aliphatic heterocycles. The number of hydrogen-bond acceptors (Lipinski definition) is 3. The predicted molar refractivity (Wildman–Crippen MR) is 75.2 cm³/mol. The van der Waals surface area contributed by atoms with E-state index < -0.39 is 0 Å². The number of amides is 1. The van der Waals surface area contributed by atoms with Crippen LogP contribution >= 0.6 is 0 Å². The maximum atomic E-state index is 12.6. The second-order valence-corrected chi connectivity index (χ2v) is 6.63. The molecule has 0 N–H and O–H groups in total. The van der Waals surface area contributed by atoms with Crippen molar-refractivity contribution in [3.63, 3.8) is 0 Å². The van der Waals surface area contributed by atoms with E-state index in [4.69, 9.17) is 4.74 Å². The molecule has 1 amide bonds. The van der Waals surface area contributed by atoms with Crippen LogP contribution < -0.4 is 0 Å². The van der Waals surface area contributed by atoms with Gasteiger partial charge in [0.15, 0.2) is 0 Å². The van der Waals surface area contributed by atoms with Crippen molar-refractivity contribution in [3.8, 4) is 0 Å². The molecule has 3 rings (SSSR count). The van der Waals surface area contributed by atoms with Gasteiger partial charge in [-0.15, -0.1) is 0 Å². The van der Waals surface area contributed by atoms with Crippen LogP contribution in [0.2, 0.25) is 0 Å². The fourth-order valence-electron chi connectivity index (χ4n) is 3.49. The Kier molecular flexibility index (Phi) is 3.32. The minimum Gasteiger partial charge on any atom is -0.368 e. The third kappa shape index (κ3) is 2.59. The first kappa shape index (κ1) is 13.6. The van der Waals surface area contributed by atoms with Crippen molar-refractivity contribution in [1.29, 1.82) is 0 Å². The Bertz CT molecular complexity index is 509. The minimum absolute atomic E-state index is 0.200. The Morgan fingerprint density at radius 3 is 3.00 bits per heavy atom. The lowest BCUT2D eigenvalue weighted by atomic mass is 10.00. The van der Waals surface area contributed by atoms with Gasteiger partial charge in [-0.05, 0) is 38.7 Å². The monoisotopic (exact) mass is 277 g/mol. The van der Waals surface area contributed by atoms with Crippen LogP contribution in [0.1, 0.15) is 38.7 Å². The zero-order valence-electron chi connectivity index (χ0n) is 12.5. The Labute approximate surface area is 119 Å². The van der Waals surface area contributed by atoms with Crippen LogP contribution in [0.25, 0.3) is 0 Å². The van der Waals surface area contributed by atoms with Crippen molar-refractivity contribution in [2.45, 2.75) is 57.3 Å². The van der Waals surface area contributed by atoms with Gasteiger partial charge in [0.1, 0.15) is 0 Å². The van der Waals surface area contributed by atoms with Crippen molar-refractivity contribution in [1.82, 2.24) is 14.7 Å². The normalized spacial score (nSPS) is 28.4. The van der Waals surface area contributed by atoms with E-state index in [1.165, 1.54) is 0 Å². The molecule has 2 heterocycles. The van der Waals surface area contributed by atoms with Crippen molar-refractivity contribution in [3.05, 3.63) is 18.0 Å². The van der Waals surface area contributed by atoms with Crippen molar-refractivity contribution in [2.75, 3.05) is 6.54 Å².